The van der Waals surface area contributed by atoms with E-state index in [0.29, 0.717) is 6.47 Å². The summed E-state index contributed by atoms with van der Waals surface area (Å²) in [4.78, 5) is 9.71. The van der Waals surface area contributed by atoms with Crippen molar-refractivity contribution < 1.29 is 18.4 Å². The summed E-state index contributed by atoms with van der Waals surface area (Å²) in [5.74, 6) is 0. The number of carbonyl (C=O) groups excluding carboxylic acids is 1. The molecule has 0 unspecified atom stereocenters. The Bertz CT molecular complexity index is 123. The van der Waals surface area contributed by atoms with E-state index in [-0.39, 0.29) is 6.61 Å². The summed E-state index contributed by atoms with van der Waals surface area (Å²) < 4.78 is 19.2. The Morgan fingerprint density at radius 2 is 2.20 bits per heavy atom. The van der Waals surface area contributed by atoms with Gasteiger partial charge in [-0.1, -0.05) is 0 Å². The first-order chi connectivity index (χ1) is 4.62. The summed E-state index contributed by atoms with van der Waals surface area (Å²) in [5.41, 5.74) is -0.627. The maximum Gasteiger partial charge on any atom is 0.487 e. The molecule has 0 fully saturated rings. The van der Waals surface area contributed by atoms with Crippen molar-refractivity contribution >= 4 is 16.1 Å². The molecule has 0 saturated heterocycles. The maximum absolute atomic E-state index is 10.0. The van der Waals surface area contributed by atoms with Gasteiger partial charge in [0.2, 0.25) is 0 Å². The topological polar surface area (TPSA) is 52.6 Å². The number of ether oxygens (including phenoxy) is 1. The highest BCUT2D eigenvalue weighted by Gasteiger charge is 2.18. The number of carbonyl (C=O) groups is 1. The molecule has 0 amide bonds. The fraction of sp³-hybridized carbons (Fsp3) is 0.800. The van der Waals surface area contributed by atoms with Gasteiger partial charge in [0.05, 0.1) is 0 Å². The van der Waals surface area contributed by atoms with E-state index in [2.05, 4.69) is 4.74 Å². The summed E-state index contributed by atoms with van der Waals surface area (Å²) in [6, 6.07) is 0. The zero-order chi connectivity index (χ0) is 8.04. The SMILES string of the molecule is CC(C)(COC=O)O[SiH]=O. The number of hydrogen-bond acceptors (Lipinski definition) is 4. The molecule has 0 aromatic heterocycles. The largest absolute Gasteiger partial charge is 0.518 e. The van der Waals surface area contributed by atoms with Crippen molar-refractivity contribution in [2.75, 3.05) is 6.61 Å². The van der Waals surface area contributed by atoms with E-state index in [1.807, 2.05) is 0 Å². The van der Waals surface area contributed by atoms with Crippen molar-refractivity contribution in [3.63, 3.8) is 0 Å². The summed E-state index contributed by atoms with van der Waals surface area (Å²) in [6.07, 6.45) is 0. The summed E-state index contributed by atoms with van der Waals surface area (Å²) in [5, 5.41) is 0. The average molecular weight is 162 g/mol. The second-order valence-corrected chi connectivity index (χ2v) is 2.81. The van der Waals surface area contributed by atoms with E-state index >= 15 is 0 Å². The molecule has 0 heterocycles. The van der Waals surface area contributed by atoms with Crippen LogP contribution in [-0.4, -0.2) is 28.3 Å². The average Bonchev–Trinajstić information content (AvgIpc) is 1.84. The monoisotopic (exact) mass is 162 g/mol. The normalized spacial score (nSPS) is 10.2. The molecule has 0 aromatic rings. The predicted molar refractivity (Wildman–Crippen MR) is 35.0 cm³/mol. The van der Waals surface area contributed by atoms with E-state index in [0.717, 1.165) is 0 Å². The Hall–Kier alpha value is -0.713. The van der Waals surface area contributed by atoms with Crippen LogP contribution >= 0.6 is 0 Å². The lowest BCUT2D eigenvalue weighted by Gasteiger charge is -2.21. The van der Waals surface area contributed by atoms with Crippen LogP contribution < -0.4 is 0 Å². The van der Waals surface area contributed by atoms with Crippen LogP contribution in [0.3, 0.4) is 0 Å². The Morgan fingerprint density at radius 3 is 2.60 bits per heavy atom. The van der Waals surface area contributed by atoms with Gasteiger partial charge in [-0.15, -0.1) is 0 Å². The molecule has 4 nitrogen and oxygen atoms in total. The van der Waals surface area contributed by atoms with Gasteiger partial charge in [0.1, 0.15) is 12.2 Å². The highest BCUT2D eigenvalue weighted by atomic mass is 28.2. The van der Waals surface area contributed by atoms with Crippen molar-refractivity contribution in [2.45, 2.75) is 19.4 Å². The van der Waals surface area contributed by atoms with Crippen LogP contribution in [-0.2, 0) is 18.4 Å². The molecule has 0 aliphatic heterocycles. The van der Waals surface area contributed by atoms with Crippen LogP contribution in [0.25, 0.3) is 0 Å². The molecule has 0 aliphatic carbocycles. The predicted octanol–water partition coefficient (Wildman–Crippen LogP) is -0.348. The van der Waals surface area contributed by atoms with Gasteiger partial charge in [-0.25, -0.2) is 0 Å². The third kappa shape index (κ3) is 4.19. The lowest BCUT2D eigenvalue weighted by molar-refractivity contribution is -0.133. The molecule has 58 valence electrons. The van der Waals surface area contributed by atoms with Crippen molar-refractivity contribution in [1.29, 1.82) is 0 Å². The molecular formula is C5H10O4Si. The van der Waals surface area contributed by atoms with Gasteiger partial charge in [0.15, 0.2) is 0 Å². The van der Waals surface area contributed by atoms with Crippen LogP contribution in [0.5, 0.6) is 0 Å². The van der Waals surface area contributed by atoms with Gasteiger partial charge in [-0.2, -0.15) is 0 Å². The third-order valence-electron chi connectivity index (χ3n) is 0.866. The quantitative estimate of drug-likeness (QED) is 0.409. The molecule has 0 saturated carbocycles. The van der Waals surface area contributed by atoms with E-state index in [4.69, 9.17) is 4.43 Å². The summed E-state index contributed by atoms with van der Waals surface area (Å²) >= 11 is 0. The van der Waals surface area contributed by atoms with Crippen LogP contribution in [0, 0.1) is 0 Å². The summed E-state index contributed by atoms with van der Waals surface area (Å²) in [6.45, 7) is 3.86. The minimum absolute atomic E-state index is 0.131. The highest BCUT2D eigenvalue weighted by Crippen LogP contribution is 2.06. The molecule has 5 heteroatoms. The Balaban J connectivity index is 3.61. The van der Waals surface area contributed by atoms with Crippen molar-refractivity contribution in [3.05, 3.63) is 0 Å². The third-order valence-corrected chi connectivity index (χ3v) is 1.60. The van der Waals surface area contributed by atoms with E-state index in [1.165, 1.54) is 0 Å². The minimum atomic E-state index is -1.24. The molecule has 0 aliphatic rings. The molecule has 10 heavy (non-hydrogen) atoms. The van der Waals surface area contributed by atoms with Gasteiger partial charge in [0.25, 0.3) is 6.47 Å². The van der Waals surface area contributed by atoms with Crippen LogP contribution in [0.2, 0.25) is 0 Å². The van der Waals surface area contributed by atoms with Crippen molar-refractivity contribution in [1.82, 2.24) is 0 Å². The lowest BCUT2D eigenvalue weighted by Crippen LogP contribution is -2.30. The first-order valence-corrected chi connectivity index (χ1v) is 3.73. The van der Waals surface area contributed by atoms with Crippen LogP contribution in [0.4, 0.5) is 0 Å². The Kier molecular flexibility index (Phi) is 3.86. The molecule has 0 radical (unpaired) electrons. The molecule has 0 N–H and O–H groups in total. The van der Waals surface area contributed by atoms with Crippen LogP contribution in [0.1, 0.15) is 13.8 Å². The van der Waals surface area contributed by atoms with E-state index in [9.17, 15) is 9.26 Å². The lowest BCUT2D eigenvalue weighted by atomic mass is 10.2. The van der Waals surface area contributed by atoms with Crippen molar-refractivity contribution in [2.24, 2.45) is 0 Å². The fourth-order valence-corrected chi connectivity index (χ4v) is 0.728. The van der Waals surface area contributed by atoms with Crippen molar-refractivity contribution in [3.8, 4) is 0 Å². The van der Waals surface area contributed by atoms with Gasteiger partial charge >= 0.3 is 9.65 Å². The molecule has 0 aromatic carbocycles. The van der Waals surface area contributed by atoms with E-state index < -0.39 is 15.3 Å². The summed E-state index contributed by atoms with van der Waals surface area (Å²) in [7, 11) is -1.24. The smallest absolute Gasteiger partial charge is 0.487 e. The standard InChI is InChI=1S/C5H10O4Si/c1-5(2,9-10-7)3-8-4-6/h4,10H,3H2,1-2H3. The Labute approximate surface area is 61.5 Å². The van der Waals surface area contributed by atoms with Gasteiger partial charge in [-0.05, 0) is 13.8 Å². The Morgan fingerprint density at radius 1 is 1.60 bits per heavy atom. The molecule has 0 spiro atoms. The van der Waals surface area contributed by atoms with E-state index in [1.54, 1.807) is 13.8 Å². The number of rotatable bonds is 5. The molecule has 0 bridgehead atoms. The zero-order valence-corrected chi connectivity index (χ0v) is 7.15. The maximum atomic E-state index is 10.0. The zero-order valence-electron chi connectivity index (χ0n) is 5.99. The van der Waals surface area contributed by atoms with Crippen LogP contribution in [0.15, 0.2) is 0 Å². The second-order valence-electron chi connectivity index (χ2n) is 2.38. The molecule has 0 rings (SSSR count). The molecular weight excluding hydrogens is 152 g/mol. The highest BCUT2D eigenvalue weighted by molar-refractivity contribution is 6.07. The number of hydrogen-bond donors (Lipinski definition) is 0. The first kappa shape index (κ1) is 9.29. The van der Waals surface area contributed by atoms with Gasteiger partial charge in [-0.3, -0.25) is 4.79 Å². The minimum Gasteiger partial charge on any atom is -0.518 e. The first-order valence-electron chi connectivity index (χ1n) is 2.79. The fourth-order valence-electron chi connectivity index (χ4n) is 0.399. The van der Waals surface area contributed by atoms with Gasteiger partial charge < -0.3 is 13.6 Å². The van der Waals surface area contributed by atoms with Gasteiger partial charge in [0, 0.05) is 0 Å². The molecule has 0 atom stereocenters. The second kappa shape index (κ2) is 4.16.